The summed E-state index contributed by atoms with van der Waals surface area (Å²) in [6.45, 7) is 0.288. The van der Waals surface area contributed by atoms with Crippen molar-refractivity contribution in [3.63, 3.8) is 0 Å². The van der Waals surface area contributed by atoms with Crippen molar-refractivity contribution in [1.29, 1.82) is 0 Å². The maximum atomic E-state index is 12.3. The van der Waals surface area contributed by atoms with Crippen LogP contribution in [0.4, 0.5) is 0 Å². The smallest absolute Gasteiger partial charge is 0.313 e. The molecule has 0 fully saturated rings. The van der Waals surface area contributed by atoms with E-state index in [2.05, 4.69) is 4.98 Å². The highest BCUT2D eigenvalue weighted by Crippen LogP contribution is 2.27. The molecule has 2 aromatic heterocycles. The molecule has 7 heteroatoms. The molecule has 3 heterocycles. The standard InChI is InChI=1S/C17H14N2O4S/c20-15-8-13(18-17-19(15)5-6-24-17)10-23-16(21)12-7-11-3-1-2-4-14(11)22-9-12/h1-6,8,12H,7,9-10H2/t12-/m0/s1. The summed E-state index contributed by atoms with van der Waals surface area (Å²) in [5.41, 5.74) is 1.28. The number of benzene rings is 1. The molecular weight excluding hydrogens is 328 g/mol. The molecule has 0 bridgehead atoms. The first kappa shape index (κ1) is 14.9. The third-order valence-corrected chi connectivity index (χ3v) is 4.69. The molecule has 0 spiro atoms. The zero-order valence-electron chi connectivity index (χ0n) is 12.7. The number of hydrogen-bond donors (Lipinski definition) is 0. The Morgan fingerprint density at radius 1 is 1.42 bits per heavy atom. The highest BCUT2D eigenvalue weighted by Gasteiger charge is 2.27. The molecule has 0 saturated heterocycles. The zero-order valence-corrected chi connectivity index (χ0v) is 13.5. The first-order valence-electron chi connectivity index (χ1n) is 7.54. The second-order valence-corrected chi connectivity index (χ2v) is 6.44. The molecule has 4 rings (SSSR count). The molecule has 0 N–H and O–H groups in total. The number of carbonyl (C=O) groups is 1. The number of hydrogen-bond acceptors (Lipinski definition) is 6. The van der Waals surface area contributed by atoms with E-state index in [-0.39, 0.29) is 24.1 Å². The molecule has 0 radical (unpaired) electrons. The van der Waals surface area contributed by atoms with Crippen LogP contribution in [0.25, 0.3) is 4.96 Å². The van der Waals surface area contributed by atoms with Crippen LogP contribution in [0, 0.1) is 5.92 Å². The minimum absolute atomic E-state index is 0.0133. The SMILES string of the molecule is O=C(OCc1cc(=O)n2ccsc2n1)[C@@H]1COc2ccccc2C1. The van der Waals surface area contributed by atoms with Crippen molar-refractivity contribution in [2.75, 3.05) is 6.61 Å². The van der Waals surface area contributed by atoms with Gasteiger partial charge >= 0.3 is 5.97 Å². The molecule has 1 aromatic carbocycles. The third kappa shape index (κ3) is 2.78. The van der Waals surface area contributed by atoms with E-state index in [0.29, 0.717) is 23.7 Å². The van der Waals surface area contributed by atoms with Gasteiger partial charge in [0.1, 0.15) is 19.0 Å². The molecule has 0 amide bonds. The highest BCUT2D eigenvalue weighted by atomic mass is 32.1. The number of aromatic nitrogens is 2. The Morgan fingerprint density at radius 3 is 3.21 bits per heavy atom. The normalized spacial score (nSPS) is 16.4. The number of rotatable bonds is 3. The summed E-state index contributed by atoms with van der Waals surface area (Å²) in [7, 11) is 0. The van der Waals surface area contributed by atoms with Crippen molar-refractivity contribution < 1.29 is 14.3 Å². The molecule has 6 nitrogen and oxygen atoms in total. The van der Waals surface area contributed by atoms with Crippen LogP contribution in [0.5, 0.6) is 5.75 Å². The van der Waals surface area contributed by atoms with Gasteiger partial charge in [0.15, 0.2) is 4.96 Å². The maximum Gasteiger partial charge on any atom is 0.313 e. The minimum Gasteiger partial charge on any atom is -0.492 e. The van der Waals surface area contributed by atoms with Crippen LogP contribution in [0.2, 0.25) is 0 Å². The van der Waals surface area contributed by atoms with Gasteiger partial charge in [0, 0.05) is 17.6 Å². The summed E-state index contributed by atoms with van der Waals surface area (Å²) in [5.74, 6) is 0.142. The van der Waals surface area contributed by atoms with Crippen LogP contribution in [0.15, 0.2) is 46.7 Å². The Morgan fingerprint density at radius 2 is 2.29 bits per heavy atom. The fourth-order valence-corrected chi connectivity index (χ4v) is 3.44. The van der Waals surface area contributed by atoms with Gasteiger partial charge in [-0.2, -0.15) is 0 Å². The van der Waals surface area contributed by atoms with Crippen molar-refractivity contribution in [3.05, 3.63) is 63.5 Å². The Bertz CT molecular complexity index is 962. The molecular formula is C17H14N2O4S. The van der Waals surface area contributed by atoms with E-state index >= 15 is 0 Å². The number of esters is 1. The topological polar surface area (TPSA) is 69.9 Å². The largest absolute Gasteiger partial charge is 0.492 e. The first-order chi connectivity index (χ1) is 11.7. The molecule has 1 atom stereocenters. The van der Waals surface area contributed by atoms with E-state index in [0.717, 1.165) is 11.3 Å². The quantitative estimate of drug-likeness (QED) is 0.682. The Kier molecular flexibility index (Phi) is 3.78. The monoisotopic (exact) mass is 342 g/mol. The van der Waals surface area contributed by atoms with Crippen LogP contribution >= 0.6 is 11.3 Å². The fourth-order valence-electron chi connectivity index (χ4n) is 2.70. The fraction of sp³-hybridized carbons (Fsp3) is 0.235. The van der Waals surface area contributed by atoms with Gasteiger partial charge in [-0.15, -0.1) is 11.3 Å². The van der Waals surface area contributed by atoms with E-state index in [1.165, 1.54) is 21.8 Å². The summed E-state index contributed by atoms with van der Waals surface area (Å²) in [6, 6.07) is 9.05. The second-order valence-electron chi connectivity index (χ2n) is 5.57. The van der Waals surface area contributed by atoms with Gasteiger partial charge < -0.3 is 9.47 Å². The number of fused-ring (bicyclic) bond motifs is 2. The Balaban J connectivity index is 1.44. The molecule has 24 heavy (non-hydrogen) atoms. The summed E-state index contributed by atoms with van der Waals surface area (Å²) in [6.07, 6.45) is 2.26. The van der Waals surface area contributed by atoms with Crippen molar-refractivity contribution in [2.45, 2.75) is 13.0 Å². The molecule has 122 valence electrons. The molecule has 1 aliphatic rings. The third-order valence-electron chi connectivity index (χ3n) is 3.93. The van der Waals surface area contributed by atoms with Gasteiger partial charge in [0.2, 0.25) is 0 Å². The Labute approximate surface area is 141 Å². The lowest BCUT2D eigenvalue weighted by atomic mass is 9.97. The summed E-state index contributed by atoms with van der Waals surface area (Å²) < 4.78 is 12.4. The van der Waals surface area contributed by atoms with Crippen LogP contribution in [-0.2, 0) is 22.6 Å². The predicted molar refractivity (Wildman–Crippen MR) is 88.3 cm³/mol. The maximum absolute atomic E-state index is 12.3. The molecule has 1 aliphatic heterocycles. The van der Waals surface area contributed by atoms with Crippen molar-refractivity contribution in [3.8, 4) is 5.75 Å². The van der Waals surface area contributed by atoms with Gasteiger partial charge in [0.05, 0.1) is 11.6 Å². The van der Waals surface area contributed by atoms with Crippen molar-refractivity contribution in [1.82, 2.24) is 9.38 Å². The van der Waals surface area contributed by atoms with Gasteiger partial charge in [-0.05, 0) is 18.1 Å². The Hall–Kier alpha value is -2.67. The highest BCUT2D eigenvalue weighted by molar-refractivity contribution is 7.15. The molecule has 3 aromatic rings. The summed E-state index contributed by atoms with van der Waals surface area (Å²) in [4.78, 5) is 29.1. The lowest BCUT2D eigenvalue weighted by molar-refractivity contribution is -0.151. The van der Waals surface area contributed by atoms with Crippen molar-refractivity contribution >= 4 is 22.3 Å². The van der Waals surface area contributed by atoms with Gasteiger partial charge in [-0.25, -0.2) is 4.98 Å². The van der Waals surface area contributed by atoms with Gasteiger partial charge in [-0.3, -0.25) is 14.0 Å². The number of ether oxygens (including phenoxy) is 2. The van der Waals surface area contributed by atoms with E-state index in [9.17, 15) is 9.59 Å². The van der Waals surface area contributed by atoms with E-state index in [1.54, 1.807) is 11.6 Å². The molecule has 0 aliphatic carbocycles. The summed E-state index contributed by atoms with van der Waals surface area (Å²) >= 11 is 1.36. The second kappa shape index (κ2) is 6.09. The molecule has 0 saturated carbocycles. The average Bonchev–Trinajstić information content (AvgIpc) is 3.08. The zero-order chi connectivity index (χ0) is 16.5. The van der Waals surface area contributed by atoms with Crippen LogP contribution in [0.1, 0.15) is 11.3 Å². The van der Waals surface area contributed by atoms with E-state index in [1.807, 2.05) is 24.3 Å². The van der Waals surface area contributed by atoms with E-state index < -0.39 is 0 Å². The lowest BCUT2D eigenvalue weighted by Crippen LogP contribution is -2.29. The number of para-hydroxylation sites is 1. The predicted octanol–water partition coefficient (Wildman–Crippen LogP) is 2.05. The number of carbonyl (C=O) groups excluding carboxylic acids is 1. The first-order valence-corrected chi connectivity index (χ1v) is 8.42. The van der Waals surface area contributed by atoms with Crippen molar-refractivity contribution in [2.24, 2.45) is 5.92 Å². The molecule has 0 unspecified atom stereocenters. The number of nitrogens with zero attached hydrogens (tertiary/aromatic N) is 2. The van der Waals surface area contributed by atoms with Gasteiger partial charge in [-0.1, -0.05) is 18.2 Å². The minimum atomic E-state index is -0.341. The van der Waals surface area contributed by atoms with Crippen LogP contribution < -0.4 is 10.3 Å². The van der Waals surface area contributed by atoms with E-state index in [4.69, 9.17) is 9.47 Å². The number of thiazole rings is 1. The van der Waals surface area contributed by atoms with Gasteiger partial charge in [0.25, 0.3) is 5.56 Å². The average molecular weight is 342 g/mol. The lowest BCUT2D eigenvalue weighted by Gasteiger charge is -2.23. The van der Waals surface area contributed by atoms with Crippen LogP contribution in [-0.4, -0.2) is 22.0 Å². The van der Waals surface area contributed by atoms with Crippen LogP contribution in [0.3, 0.4) is 0 Å². The summed E-state index contributed by atoms with van der Waals surface area (Å²) in [5, 5.41) is 1.79.